The number of rotatable bonds is 8. The molecule has 1 nitrogen and oxygen atoms in total. The van der Waals surface area contributed by atoms with Crippen molar-refractivity contribution in [1.82, 2.24) is 0 Å². The molecule has 24 heavy (non-hydrogen) atoms. The molecule has 0 spiro atoms. The molecule has 1 aliphatic rings. The van der Waals surface area contributed by atoms with Gasteiger partial charge in [-0.3, -0.25) is 4.79 Å². The van der Waals surface area contributed by atoms with Gasteiger partial charge in [-0.1, -0.05) is 63.4 Å². The molecular weight excluding hydrogens is 292 g/mol. The fourth-order valence-corrected chi connectivity index (χ4v) is 3.65. The highest BCUT2D eigenvalue weighted by Gasteiger charge is 2.20. The lowest BCUT2D eigenvalue weighted by atomic mass is 9.99. The van der Waals surface area contributed by atoms with Crippen LogP contribution in [0.1, 0.15) is 79.4 Å². The van der Waals surface area contributed by atoms with E-state index in [0.717, 1.165) is 24.8 Å². The third-order valence-corrected chi connectivity index (χ3v) is 5.09. The molecule has 0 saturated carbocycles. The lowest BCUT2D eigenvalue weighted by Crippen LogP contribution is -1.99. The van der Waals surface area contributed by atoms with Crippen LogP contribution < -0.4 is 0 Å². The number of Topliss-reactive ketones (excluding diaryl/α,β-unsaturated/α-hetero) is 1. The first-order chi connectivity index (χ1) is 11.7. The van der Waals surface area contributed by atoms with E-state index >= 15 is 0 Å². The van der Waals surface area contributed by atoms with Gasteiger partial charge in [0.05, 0.1) is 0 Å². The lowest BCUT2D eigenvalue weighted by molar-refractivity contribution is 0.0979. The summed E-state index contributed by atoms with van der Waals surface area (Å²) in [6.45, 7) is 4.38. The molecule has 126 valence electrons. The Morgan fingerprint density at radius 3 is 2.33 bits per heavy atom. The van der Waals surface area contributed by atoms with Crippen LogP contribution in [0.5, 0.6) is 0 Å². The van der Waals surface area contributed by atoms with Crippen LogP contribution in [0.3, 0.4) is 0 Å². The maximum Gasteiger partial charge on any atom is 0.162 e. The van der Waals surface area contributed by atoms with Crippen LogP contribution in [0.25, 0.3) is 11.1 Å². The topological polar surface area (TPSA) is 17.1 Å². The molecule has 0 bridgehead atoms. The van der Waals surface area contributed by atoms with E-state index in [1.165, 1.54) is 53.5 Å². The van der Waals surface area contributed by atoms with E-state index in [9.17, 15) is 4.79 Å². The second-order valence-electron chi connectivity index (χ2n) is 7.02. The first-order valence-electron chi connectivity index (χ1n) is 9.51. The van der Waals surface area contributed by atoms with Crippen molar-refractivity contribution in [2.24, 2.45) is 0 Å². The predicted molar refractivity (Wildman–Crippen MR) is 102 cm³/mol. The van der Waals surface area contributed by atoms with Crippen molar-refractivity contribution in [3.8, 4) is 11.1 Å². The fraction of sp³-hybridized carbons (Fsp3) is 0.435. The van der Waals surface area contributed by atoms with E-state index in [1.54, 1.807) is 0 Å². The van der Waals surface area contributed by atoms with Gasteiger partial charge in [0.2, 0.25) is 0 Å². The summed E-state index contributed by atoms with van der Waals surface area (Å²) in [5, 5.41) is 0. The Morgan fingerprint density at radius 1 is 0.875 bits per heavy atom. The molecule has 0 radical (unpaired) electrons. The second-order valence-corrected chi connectivity index (χ2v) is 7.02. The number of hydrogen-bond acceptors (Lipinski definition) is 1. The van der Waals surface area contributed by atoms with E-state index < -0.39 is 0 Å². The highest BCUT2D eigenvalue weighted by molar-refractivity contribution is 5.97. The number of benzene rings is 2. The van der Waals surface area contributed by atoms with Gasteiger partial charge in [-0.15, -0.1) is 0 Å². The number of carbonyl (C=O) groups excluding carboxylic acids is 1. The summed E-state index contributed by atoms with van der Waals surface area (Å²) >= 11 is 0. The second kappa shape index (κ2) is 7.79. The van der Waals surface area contributed by atoms with E-state index in [0.29, 0.717) is 6.42 Å². The maximum absolute atomic E-state index is 12.3. The SMILES string of the molecule is CCCCCc1ccc2c(c1)Cc1cc(C(=O)CCCC)ccc1-2. The Balaban J connectivity index is 1.77. The number of unbranched alkanes of at least 4 members (excludes halogenated alkanes) is 3. The zero-order valence-corrected chi connectivity index (χ0v) is 15.0. The number of aryl methyl sites for hydroxylation is 1. The van der Waals surface area contributed by atoms with Crippen molar-refractivity contribution in [2.45, 2.75) is 65.2 Å². The summed E-state index contributed by atoms with van der Waals surface area (Å²) in [5.74, 6) is 0.288. The maximum atomic E-state index is 12.3. The Bertz CT molecular complexity index is 727. The molecule has 3 rings (SSSR count). The average Bonchev–Trinajstić information content (AvgIpc) is 2.96. The van der Waals surface area contributed by atoms with Gasteiger partial charge in [-0.25, -0.2) is 0 Å². The van der Waals surface area contributed by atoms with Crippen LogP contribution >= 0.6 is 0 Å². The molecule has 0 amide bonds. The zero-order valence-electron chi connectivity index (χ0n) is 15.0. The minimum Gasteiger partial charge on any atom is -0.294 e. The normalized spacial score (nSPS) is 12.1. The summed E-state index contributed by atoms with van der Waals surface area (Å²) in [6, 6.07) is 13.2. The molecule has 1 aliphatic carbocycles. The van der Waals surface area contributed by atoms with E-state index in [2.05, 4.69) is 44.2 Å². The summed E-state index contributed by atoms with van der Waals surface area (Å²) in [5.41, 5.74) is 7.76. The molecule has 0 atom stereocenters. The average molecular weight is 320 g/mol. The number of ketones is 1. The van der Waals surface area contributed by atoms with E-state index in [1.807, 2.05) is 6.07 Å². The number of hydrogen-bond donors (Lipinski definition) is 0. The molecule has 0 aliphatic heterocycles. The Hall–Kier alpha value is -1.89. The van der Waals surface area contributed by atoms with Crippen molar-refractivity contribution in [2.75, 3.05) is 0 Å². The number of fused-ring (bicyclic) bond motifs is 3. The molecular formula is C23H28O. The predicted octanol–water partition coefficient (Wildman–Crippen LogP) is 6.36. The third-order valence-electron chi connectivity index (χ3n) is 5.09. The van der Waals surface area contributed by atoms with Gasteiger partial charge >= 0.3 is 0 Å². The molecule has 0 aromatic heterocycles. The van der Waals surface area contributed by atoms with Crippen molar-refractivity contribution < 1.29 is 4.79 Å². The Morgan fingerprint density at radius 2 is 1.58 bits per heavy atom. The van der Waals surface area contributed by atoms with Gasteiger partial charge in [0.1, 0.15) is 0 Å². The standard InChI is InChI=1S/C23H28O/c1-3-5-7-8-17-10-12-21-19(14-17)16-20-15-18(11-13-22(20)21)23(24)9-6-4-2/h10-15H,3-9,16H2,1-2H3. The van der Waals surface area contributed by atoms with Gasteiger partial charge in [-0.2, -0.15) is 0 Å². The highest BCUT2D eigenvalue weighted by Crippen LogP contribution is 2.37. The molecule has 0 saturated heterocycles. The first-order valence-corrected chi connectivity index (χ1v) is 9.51. The van der Waals surface area contributed by atoms with Crippen molar-refractivity contribution in [1.29, 1.82) is 0 Å². The molecule has 0 unspecified atom stereocenters. The van der Waals surface area contributed by atoms with Gasteiger partial charge in [-0.05, 0) is 59.6 Å². The van der Waals surface area contributed by atoms with Gasteiger partial charge < -0.3 is 0 Å². The van der Waals surface area contributed by atoms with Crippen LogP contribution in [0.2, 0.25) is 0 Å². The lowest BCUT2D eigenvalue weighted by Gasteiger charge is -2.06. The Kier molecular flexibility index (Phi) is 5.50. The summed E-state index contributed by atoms with van der Waals surface area (Å²) in [7, 11) is 0. The highest BCUT2D eigenvalue weighted by atomic mass is 16.1. The molecule has 0 N–H and O–H groups in total. The third kappa shape index (κ3) is 3.61. The minimum absolute atomic E-state index is 0.288. The smallest absolute Gasteiger partial charge is 0.162 e. The van der Waals surface area contributed by atoms with Crippen molar-refractivity contribution >= 4 is 5.78 Å². The van der Waals surface area contributed by atoms with E-state index in [-0.39, 0.29) is 5.78 Å². The van der Waals surface area contributed by atoms with E-state index in [4.69, 9.17) is 0 Å². The number of carbonyl (C=O) groups is 1. The van der Waals surface area contributed by atoms with Crippen LogP contribution in [-0.4, -0.2) is 5.78 Å². The van der Waals surface area contributed by atoms with Crippen LogP contribution in [0.15, 0.2) is 36.4 Å². The van der Waals surface area contributed by atoms with Crippen molar-refractivity contribution in [3.05, 3.63) is 58.7 Å². The first kappa shape index (κ1) is 17.0. The Labute approximate surface area is 146 Å². The molecule has 0 fully saturated rings. The fourth-order valence-electron chi connectivity index (χ4n) is 3.65. The van der Waals surface area contributed by atoms with Crippen LogP contribution in [-0.2, 0) is 12.8 Å². The van der Waals surface area contributed by atoms with Gasteiger partial charge in [0.15, 0.2) is 5.78 Å². The monoisotopic (exact) mass is 320 g/mol. The van der Waals surface area contributed by atoms with Gasteiger partial charge in [0.25, 0.3) is 0 Å². The molecule has 1 heteroatoms. The minimum atomic E-state index is 0.288. The molecule has 2 aromatic rings. The molecule has 0 heterocycles. The van der Waals surface area contributed by atoms with Crippen molar-refractivity contribution in [3.63, 3.8) is 0 Å². The summed E-state index contributed by atoms with van der Waals surface area (Å²) < 4.78 is 0. The molecule has 2 aromatic carbocycles. The summed E-state index contributed by atoms with van der Waals surface area (Å²) in [6.07, 6.45) is 8.73. The zero-order chi connectivity index (χ0) is 16.9. The van der Waals surface area contributed by atoms with Crippen LogP contribution in [0.4, 0.5) is 0 Å². The quantitative estimate of drug-likeness (QED) is 0.348. The summed E-state index contributed by atoms with van der Waals surface area (Å²) in [4.78, 5) is 12.3. The largest absolute Gasteiger partial charge is 0.294 e. The van der Waals surface area contributed by atoms with Gasteiger partial charge in [0, 0.05) is 12.0 Å². The van der Waals surface area contributed by atoms with Crippen LogP contribution in [0, 0.1) is 0 Å².